The zero-order valence-electron chi connectivity index (χ0n) is 10.5. The molecule has 0 aliphatic carbocycles. The van der Waals surface area contributed by atoms with Crippen LogP contribution in [0.5, 0.6) is 5.75 Å². The van der Waals surface area contributed by atoms with Crippen molar-refractivity contribution in [3.63, 3.8) is 0 Å². The number of anilines is 1. The second kappa shape index (κ2) is 5.14. The van der Waals surface area contributed by atoms with Gasteiger partial charge in [0.25, 0.3) is 0 Å². The van der Waals surface area contributed by atoms with E-state index in [9.17, 15) is 4.79 Å². The van der Waals surface area contributed by atoms with E-state index in [1.807, 2.05) is 36.4 Å². The van der Waals surface area contributed by atoms with Gasteiger partial charge in [0, 0.05) is 6.42 Å². The van der Waals surface area contributed by atoms with Crippen LogP contribution in [0.3, 0.4) is 0 Å². The molecule has 1 amide bonds. The zero-order chi connectivity index (χ0) is 13.1. The number of rotatable bonds is 3. The van der Waals surface area contributed by atoms with Gasteiger partial charge in [-0.15, -0.1) is 0 Å². The molecule has 0 atom stereocenters. The summed E-state index contributed by atoms with van der Waals surface area (Å²) >= 11 is 0. The summed E-state index contributed by atoms with van der Waals surface area (Å²) < 4.78 is 5.79. The van der Waals surface area contributed by atoms with Gasteiger partial charge in [-0.25, -0.2) is 0 Å². The van der Waals surface area contributed by atoms with E-state index in [1.54, 1.807) is 6.07 Å². The molecule has 1 N–H and O–H groups in total. The fourth-order valence-electron chi connectivity index (χ4n) is 2.16. The molecular weight excluding hydrogens is 238 g/mol. The molecule has 1 aliphatic rings. The average Bonchev–Trinajstić information content (AvgIpc) is 2.46. The quantitative estimate of drug-likeness (QED) is 0.912. The molecule has 2 aromatic carbocycles. The van der Waals surface area contributed by atoms with Gasteiger partial charge in [-0.1, -0.05) is 30.3 Å². The lowest BCUT2D eigenvalue weighted by atomic mass is 10.0. The Morgan fingerprint density at radius 3 is 2.84 bits per heavy atom. The summed E-state index contributed by atoms with van der Waals surface area (Å²) in [6, 6.07) is 16.7. The monoisotopic (exact) mass is 252 g/mol. The highest BCUT2D eigenvalue weighted by Crippen LogP contribution is 2.32. The first kappa shape index (κ1) is 11.8. The van der Waals surface area contributed by atoms with Gasteiger partial charge in [0.15, 0.2) is 0 Å². The van der Waals surface area contributed by atoms with Crippen molar-refractivity contribution in [2.24, 2.45) is 0 Å². The molecule has 3 rings (SSSR count). The van der Waals surface area contributed by atoms with Gasteiger partial charge in [0.05, 0.1) is 5.69 Å². The third-order valence-electron chi connectivity index (χ3n) is 3.16. The minimum atomic E-state index is 0.0447. The summed E-state index contributed by atoms with van der Waals surface area (Å²) in [4.78, 5) is 11.5. The van der Waals surface area contributed by atoms with E-state index in [1.165, 1.54) is 0 Å². The highest BCUT2D eigenvalue weighted by molar-refractivity contribution is 5.95. The van der Waals surface area contributed by atoms with E-state index in [-0.39, 0.29) is 5.91 Å². The second-order valence-corrected chi connectivity index (χ2v) is 4.54. The predicted molar refractivity (Wildman–Crippen MR) is 73.0 cm³/mol. The molecule has 0 aromatic heterocycles. The summed E-state index contributed by atoms with van der Waals surface area (Å²) in [5.41, 5.74) is 2.98. The second-order valence-electron chi connectivity index (χ2n) is 4.54. The predicted octanol–water partition coefficient (Wildman–Crippen LogP) is 2.95. The fourth-order valence-corrected chi connectivity index (χ4v) is 2.16. The van der Waals surface area contributed by atoms with E-state index in [2.05, 4.69) is 11.4 Å². The van der Waals surface area contributed by atoms with E-state index in [4.69, 9.17) is 4.74 Å². The van der Waals surface area contributed by atoms with Gasteiger partial charge in [0.2, 0.25) is 5.91 Å². The lowest BCUT2D eigenvalue weighted by Crippen LogP contribution is -2.19. The number of amides is 1. The first-order valence-corrected chi connectivity index (χ1v) is 6.32. The molecule has 3 nitrogen and oxygen atoms in total. The van der Waals surface area contributed by atoms with Crippen LogP contribution in [0.2, 0.25) is 0 Å². The SMILES string of the molecule is O=C1CCc2c[c]cc(OCc3ccccc3)c2N1. The Morgan fingerprint density at radius 2 is 2.00 bits per heavy atom. The summed E-state index contributed by atoms with van der Waals surface area (Å²) in [5.74, 6) is 0.734. The normalized spacial score (nSPS) is 13.6. The number of hydrogen-bond acceptors (Lipinski definition) is 2. The van der Waals surface area contributed by atoms with Crippen LogP contribution in [0.15, 0.2) is 42.5 Å². The van der Waals surface area contributed by atoms with Crippen molar-refractivity contribution in [2.75, 3.05) is 5.32 Å². The Morgan fingerprint density at radius 1 is 1.16 bits per heavy atom. The Kier molecular flexibility index (Phi) is 3.19. The summed E-state index contributed by atoms with van der Waals surface area (Å²) in [5, 5.41) is 2.88. The Hall–Kier alpha value is -2.29. The van der Waals surface area contributed by atoms with E-state index in [0.29, 0.717) is 18.8 Å². The van der Waals surface area contributed by atoms with Crippen molar-refractivity contribution in [2.45, 2.75) is 19.4 Å². The molecule has 95 valence electrons. The van der Waals surface area contributed by atoms with Crippen molar-refractivity contribution in [3.8, 4) is 5.75 Å². The lowest BCUT2D eigenvalue weighted by molar-refractivity contribution is -0.116. The molecule has 3 heteroatoms. The topological polar surface area (TPSA) is 38.3 Å². The molecule has 2 aromatic rings. The number of carbonyl (C=O) groups is 1. The number of aryl methyl sites for hydroxylation is 1. The average molecular weight is 252 g/mol. The number of carbonyl (C=O) groups excluding carboxylic acids is 1. The Balaban J connectivity index is 1.80. The summed E-state index contributed by atoms with van der Waals surface area (Å²) in [6.45, 7) is 0.487. The first-order chi connectivity index (χ1) is 9.33. The summed E-state index contributed by atoms with van der Waals surface area (Å²) in [7, 11) is 0. The minimum Gasteiger partial charge on any atom is -0.487 e. The van der Waals surface area contributed by atoms with Gasteiger partial charge >= 0.3 is 0 Å². The molecule has 0 fully saturated rings. The van der Waals surface area contributed by atoms with Crippen molar-refractivity contribution >= 4 is 11.6 Å². The van der Waals surface area contributed by atoms with Crippen LogP contribution in [0, 0.1) is 6.07 Å². The number of ether oxygens (including phenoxy) is 1. The van der Waals surface area contributed by atoms with Gasteiger partial charge < -0.3 is 10.1 Å². The van der Waals surface area contributed by atoms with Crippen LogP contribution in [-0.4, -0.2) is 5.91 Å². The number of nitrogens with one attached hydrogen (secondary N) is 1. The van der Waals surface area contributed by atoms with Crippen LogP contribution in [0.1, 0.15) is 17.5 Å². The molecule has 19 heavy (non-hydrogen) atoms. The maximum Gasteiger partial charge on any atom is 0.224 e. The Bertz CT molecular complexity index is 593. The van der Waals surface area contributed by atoms with Crippen LogP contribution in [0.25, 0.3) is 0 Å². The largest absolute Gasteiger partial charge is 0.487 e. The van der Waals surface area contributed by atoms with Crippen LogP contribution >= 0.6 is 0 Å². The molecule has 0 saturated carbocycles. The van der Waals surface area contributed by atoms with E-state index < -0.39 is 0 Å². The highest BCUT2D eigenvalue weighted by Gasteiger charge is 2.18. The number of benzene rings is 2. The molecule has 1 aliphatic heterocycles. The molecular formula is C16H14NO2. The van der Waals surface area contributed by atoms with Gasteiger partial charge in [0.1, 0.15) is 12.4 Å². The highest BCUT2D eigenvalue weighted by atomic mass is 16.5. The van der Waals surface area contributed by atoms with Gasteiger partial charge in [-0.3, -0.25) is 4.79 Å². The molecule has 0 spiro atoms. The summed E-state index contributed by atoms with van der Waals surface area (Å²) in [6.07, 6.45) is 1.28. The first-order valence-electron chi connectivity index (χ1n) is 6.32. The molecule has 1 heterocycles. The molecule has 0 bridgehead atoms. The third-order valence-corrected chi connectivity index (χ3v) is 3.16. The van der Waals surface area contributed by atoms with E-state index >= 15 is 0 Å². The zero-order valence-corrected chi connectivity index (χ0v) is 10.5. The van der Waals surface area contributed by atoms with Gasteiger partial charge in [-0.2, -0.15) is 0 Å². The lowest BCUT2D eigenvalue weighted by Gasteiger charge is -2.20. The fraction of sp³-hybridized carbons (Fsp3) is 0.188. The van der Waals surface area contributed by atoms with Crippen molar-refractivity contribution in [1.29, 1.82) is 0 Å². The van der Waals surface area contributed by atoms with Crippen molar-refractivity contribution in [1.82, 2.24) is 0 Å². The van der Waals surface area contributed by atoms with E-state index in [0.717, 1.165) is 23.2 Å². The standard InChI is InChI=1S/C16H14NO2/c18-15-10-9-13-7-4-8-14(16(13)17-15)19-11-12-5-2-1-3-6-12/h1-3,5-8H,9-11H2,(H,17,18). The minimum absolute atomic E-state index is 0.0447. The molecule has 0 unspecified atom stereocenters. The van der Waals surface area contributed by atoms with Crippen LogP contribution in [0.4, 0.5) is 5.69 Å². The Labute approximate surface area is 112 Å². The smallest absolute Gasteiger partial charge is 0.224 e. The van der Waals surface area contributed by atoms with Crippen molar-refractivity contribution in [3.05, 3.63) is 59.7 Å². The van der Waals surface area contributed by atoms with Crippen LogP contribution in [-0.2, 0) is 17.8 Å². The van der Waals surface area contributed by atoms with Crippen molar-refractivity contribution < 1.29 is 9.53 Å². The van der Waals surface area contributed by atoms with Crippen LogP contribution < -0.4 is 10.1 Å². The molecule has 0 saturated heterocycles. The third kappa shape index (κ3) is 2.60. The maximum atomic E-state index is 11.5. The number of fused-ring (bicyclic) bond motifs is 1. The number of hydrogen-bond donors (Lipinski definition) is 1. The molecule has 1 radical (unpaired) electrons. The van der Waals surface area contributed by atoms with Gasteiger partial charge in [-0.05, 0) is 35.7 Å². The maximum absolute atomic E-state index is 11.5.